The maximum absolute atomic E-state index is 12.5. The predicted octanol–water partition coefficient (Wildman–Crippen LogP) is 6.48. The van der Waals surface area contributed by atoms with Crippen LogP contribution in [0.4, 0.5) is 5.69 Å². The first-order chi connectivity index (χ1) is 15.9. The fourth-order valence-corrected chi connectivity index (χ4v) is 3.60. The van der Waals surface area contributed by atoms with Gasteiger partial charge in [-0.25, -0.2) is 0 Å². The molecule has 0 unspecified atom stereocenters. The number of anilines is 1. The summed E-state index contributed by atoms with van der Waals surface area (Å²) in [6.45, 7) is 6.94. The van der Waals surface area contributed by atoms with Crippen molar-refractivity contribution >= 4 is 29.3 Å². The number of aryl methyl sites for hydroxylation is 2. The summed E-state index contributed by atoms with van der Waals surface area (Å²) >= 11 is 6.39. The van der Waals surface area contributed by atoms with Crippen LogP contribution in [0.2, 0.25) is 5.02 Å². The van der Waals surface area contributed by atoms with Gasteiger partial charge in [0.05, 0.1) is 11.6 Å². The van der Waals surface area contributed by atoms with Crippen molar-refractivity contribution < 1.29 is 14.3 Å². The summed E-state index contributed by atoms with van der Waals surface area (Å²) in [7, 11) is 0. The van der Waals surface area contributed by atoms with Gasteiger partial charge in [-0.3, -0.25) is 4.79 Å². The van der Waals surface area contributed by atoms with Gasteiger partial charge in [-0.05, 0) is 74.4 Å². The van der Waals surface area contributed by atoms with Gasteiger partial charge < -0.3 is 14.8 Å². The number of nitriles is 1. The molecule has 0 radical (unpaired) electrons. The van der Waals surface area contributed by atoms with E-state index in [1.165, 1.54) is 17.2 Å². The molecule has 5 nitrogen and oxygen atoms in total. The van der Waals surface area contributed by atoms with Crippen molar-refractivity contribution in [2.45, 2.75) is 27.4 Å². The highest BCUT2D eigenvalue weighted by Crippen LogP contribution is 2.27. The first kappa shape index (κ1) is 23.9. The van der Waals surface area contributed by atoms with Gasteiger partial charge in [-0.1, -0.05) is 47.0 Å². The topological polar surface area (TPSA) is 71.3 Å². The number of carbonyl (C=O) groups excluding carboxylic acids is 1. The Hall–Kier alpha value is -3.75. The lowest BCUT2D eigenvalue weighted by molar-refractivity contribution is -0.112. The van der Waals surface area contributed by atoms with Crippen LogP contribution in [0.15, 0.2) is 66.2 Å². The van der Waals surface area contributed by atoms with E-state index in [4.69, 9.17) is 21.1 Å². The van der Waals surface area contributed by atoms with Crippen molar-refractivity contribution in [1.82, 2.24) is 0 Å². The monoisotopic (exact) mass is 460 g/mol. The fourth-order valence-electron chi connectivity index (χ4n) is 3.35. The second kappa shape index (κ2) is 11.2. The van der Waals surface area contributed by atoms with Gasteiger partial charge in [0.15, 0.2) is 0 Å². The third-order valence-electron chi connectivity index (χ3n) is 4.73. The SMILES string of the molecule is CCOc1ccc(NC(=O)/C(C#N)=C/c2ccc(OCc3cc(C)cc(C)c3)c(Cl)c2)cc1. The molecule has 0 bridgehead atoms. The zero-order valence-corrected chi connectivity index (χ0v) is 19.6. The smallest absolute Gasteiger partial charge is 0.266 e. The molecule has 0 heterocycles. The van der Waals surface area contributed by atoms with Crippen molar-refractivity contribution in [3.63, 3.8) is 0 Å². The molecule has 0 aliphatic heterocycles. The molecule has 3 aromatic rings. The summed E-state index contributed by atoms with van der Waals surface area (Å²) in [4.78, 5) is 12.5. The molecular formula is C27H25ClN2O3. The lowest BCUT2D eigenvalue weighted by atomic mass is 10.1. The Kier molecular flexibility index (Phi) is 8.12. The van der Waals surface area contributed by atoms with E-state index in [2.05, 4.69) is 23.5 Å². The molecule has 0 saturated carbocycles. The van der Waals surface area contributed by atoms with E-state index < -0.39 is 5.91 Å². The van der Waals surface area contributed by atoms with E-state index in [1.54, 1.807) is 42.5 Å². The zero-order chi connectivity index (χ0) is 23.8. The van der Waals surface area contributed by atoms with E-state index in [0.717, 1.165) is 5.56 Å². The second-order valence-electron chi connectivity index (χ2n) is 7.56. The average molecular weight is 461 g/mol. The highest BCUT2D eigenvalue weighted by atomic mass is 35.5. The van der Waals surface area contributed by atoms with Gasteiger partial charge in [-0.15, -0.1) is 0 Å². The largest absolute Gasteiger partial charge is 0.494 e. The number of halogens is 1. The number of nitrogens with zero attached hydrogens (tertiary/aromatic N) is 1. The van der Waals surface area contributed by atoms with E-state index in [9.17, 15) is 10.1 Å². The predicted molar refractivity (Wildman–Crippen MR) is 132 cm³/mol. The summed E-state index contributed by atoms with van der Waals surface area (Å²) in [5, 5.41) is 12.6. The Labute approximate surface area is 199 Å². The molecule has 168 valence electrons. The Balaban J connectivity index is 1.68. The minimum absolute atomic E-state index is 0.0381. The lowest BCUT2D eigenvalue weighted by Gasteiger charge is -2.10. The summed E-state index contributed by atoms with van der Waals surface area (Å²) in [5.74, 6) is 0.735. The van der Waals surface area contributed by atoms with E-state index in [0.29, 0.717) is 41.0 Å². The van der Waals surface area contributed by atoms with Crippen LogP contribution in [0, 0.1) is 25.2 Å². The lowest BCUT2D eigenvalue weighted by Crippen LogP contribution is -2.13. The van der Waals surface area contributed by atoms with Crippen LogP contribution >= 0.6 is 11.6 Å². The third-order valence-corrected chi connectivity index (χ3v) is 5.03. The highest BCUT2D eigenvalue weighted by Gasteiger charge is 2.11. The number of rotatable bonds is 8. The first-order valence-electron chi connectivity index (χ1n) is 10.5. The van der Waals surface area contributed by atoms with Gasteiger partial charge in [-0.2, -0.15) is 5.26 Å². The average Bonchev–Trinajstić information content (AvgIpc) is 2.77. The quantitative estimate of drug-likeness (QED) is 0.308. The van der Waals surface area contributed by atoms with Crippen LogP contribution in [0.3, 0.4) is 0 Å². The van der Waals surface area contributed by atoms with Crippen molar-refractivity contribution in [2.75, 3.05) is 11.9 Å². The van der Waals surface area contributed by atoms with Crippen molar-refractivity contribution in [1.29, 1.82) is 5.26 Å². The van der Waals surface area contributed by atoms with Crippen LogP contribution in [0.5, 0.6) is 11.5 Å². The number of hydrogen-bond donors (Lipinski definition) is 1. The van der Waals surface area contributed by atoms with Crippen LogP contribution in [-0.2, 0) is 11.4 Å². The summed E-state index contributed by atoms with van der Waals surface area (Å²) in [6.07, 6.45) is 1.49. The van der Waals surface area contributed by atoms with Gasteiger partial charge in [0.1, 0.15) is 29.7 Å². The fraction of sp³-hybridized carbons (Fsp3) is 0.185. The van der Waals surface area contributed by atoms with E-state index >= 15 is 0 Å². The minimum atomic E-state index is -0.507. The number of nitrogens with one attached hydrogen (secondary N) is 1. The maximum atomic E-state index is 12.5. The summed E-state index contributed by atoms with van der Waals surface area (Å²) in [5.41, 5.74) is 4.56. The number of ether oxygens (including phenoxy) is 2. The Morgan fingerprint density at radius 2 is 1.73 bits per heavy atom. The van der Waals surface area contributed by atoms with E-state index in [-0.39, 0.29) is 5.57 Å². The molecule has 0 fully saturated rings. The zero-order valence-electron chi connectivity index (χ0n) is 18.8. The molecule has 33 heavy (non-hydrogen) atoms. The van der Waals surface area contributed by atoms with Crippen molar-refractivity contribution in [3.8, 4) is 17.6 Å². The van der Waals surface area contributed by atoms with Crippen molar-refractivity contribution in [2.24, 2.45) is 0 Å². The van der Waals surface area contributed by atoms with Gasteiger partial charge >= 0.3 is 0 Å². The summed E-state index contributed by atoms with van der Waals surface area (Å²) in [6, 6.07) is 20.3. The van der Waals surface area contributed by atoms with E-state index in [1.807, 2.05) is 26.8 Å². The first-order valence-corrected chi connectivity index (χ1v) is 10.9. The molecule has 3 aromatic carbocycles. The van der Waals surface area contributed by atoms with Crippen molar-refractivity contribution in [3.05, 3.63) is 93.5 Å². The minimum Gasteiger partial charge on any atom is -0.494 e. The highest BCUT2D eigenvalue weighted by molar-refractivity contribution is 6.32. The molecule has 3 rings (SSSR count). The molecule has 0 aliphatic carbocycles. The Morgan fingerprint density at radius 1 is 1.03 bits per heavy atom. The van der Waals surface area contributed by atoms with Crippen LogP contribution in [0.25, 0.3) is 6.08 Å². The van der Waals surface area contributed by atoms with Gasteiger partial charge in [0.2, 0.25) is 0 Å². The molecule has 0 atom stereocenters. The molecule has 1 N–H and O–H groups in total. The molecule has 0 aliphatic rings. The maximum Gasteiger partial charge on any atom is 0.266 e. The van der Waals surface area contributed by atoms with Crippen LogP contribution in [0.1, 0.15) is 29.2 Å². The van der Waals surface area contributed by atoms with Gasteiger partial charge in [0, 0.05) is 5.69 Å². The number of amides is 1. The molecule has 1 amide bonds. The number of benzene rings is 3. The molecule has 0 saturated heterocycles. The van der Waals surface area contributed by atoms with Crippen LogP contribution in [-0.4, -0.2) is 12.5 Å². The van der Waals surface area contributed by atoms with Gasteiger partial charge in [0.25, 0.3) is 5.91 Å². The standard InChI is InChI=1S/C27H25ClN2O3/c1-4-32-24-8-6-23(7-9-24)30-27(31)22(16-29)14-20-5-10-26(25(28)15-20)33-17-21-12-18(2)11-19(3)13-21/h5-15H,4,17H2,1-3H3,(H,30,31)/b22-14+. The third kappa shape index (κ3) is 6.86. The normalized spacial score (nSPS) is 10.9. The molecule has 0 spiro atoms. The Morgan fingerprint density at radius 3 is 2.33 bits per heavy atom. The molecule has 6 heteroatoms. The number of hydrogen-bond acceptors (Lipinski definition) is 4. The molecular weight excluding hydrogens is 436 g/mol. The molecule has 0 aromatic heterocycles. The summed E-state index contributed by atoms with van der Waals surface area (Å²) < 4.78 is 11.3. The van der Waals surface area contributed by atoms with Crippen LogP contribution < -0.4 is 14.8 Å². The second-order valence-corrected chi connectivity index (χ2v) is 7.96. The Bertz CT molecular complexity index is 1190. The number of carbonyl (C=O) groups is 1.